The molecule has 0 aliphatic carbocycles. The number of hydrogen-bond donors (Lipinski definition) is 0. The number of aromatic nitrogens is 1. The number of hydrogen-bond acceptors (Lipinski definition) is 3. The van der Waals surface area contributed by atoms with Crippen molar-refractivity contribution in [1.82, 2.24) is 4.57 Å². The first-order valence-electron chi connectivity index (χ1n) is 11.7. The molecule has 0 aliphatic rings. The minimum Gasteiger partial charge on any atom is -0.277 e. The smallest absolute Gasteiger partial charge is 0.229 e. The Labute approximate surface area is 208 Å². The Morgan fingerprint density at radius 1 is 0.771 bits per heavy atom. The van der Waals surface area contributed by atoms with E-state index in [1.54, 1.807) is 0 Å². The molecule has 0 aliphatic heterocycles. The molecule has 0 amide bonds. The molecule has 0 radical (unpaired) electrons. The molecule has 0 saturated heterocycles. The van der Waals surface area contributed by atoms with Crippen molar-refractivity contribution < 1.29 is 0 Å². The van der Waals surface area contributed by atoms with Gasteiger partial charge in [0.15, 0.2) is 0 Å². The van der Waals surface area contributed by atoms with Gasteiger partial charge in [-0.25, -0.2) is 4.99 Å². The summed E-state index contributed by atoms with van der Waals surface area (Å²) in [6.45, 7) is 6.63. The molecule has 0 bridgehead atoms. The fraction of sp³-hybridized carbons (Fsp3) is 0.0667. The van der Waals surface area contributed by atoms with Gasteiger partial charge < -0.3 is 0 Å². The Balaban J connectivity index is 1.72. The fourth-order valence-corrected chi connectivity index (χ4v) is 8.21. The Hall–Kier alpha value is -3.80. The van der Waals surface area contributed by atoms with E-state index in [1.807, 2.05) is 22.7 Å². The van der Waals surface area contributed by atoms with Gasteiger partial charge in [0, 0.05) is 58.3 Å². The highest BCUT2D eigenvalue weighted by Crippen LogP contribution is 2.49. The van der Waals surface area contributed by atoms with Gasteiger partial charge in [-0.05, 0) is 43.3 Å². The molecule has 3 heterocycles. The molecular weight excluding hydrogens is 466 g/mol. The predicted molar refractivity (Wildman–Crippen MR) is 157 cm³/mol. The van der Waals surface area contributed by atoms with Crippen LogP contribution in [0.1, 0.15) is 6.92 Å². The number of thiophene rings is 2. The first-order valence-corrected chi connectivity index (χ1v) is 13.4. The second-order valence-corrected chi connectivity index (χ2v) is 11.0. The van der Waals surface area contributed by atoms with Crippen molar-refractivity contribution in [2.75, 3.05) is 6.54 Å². The van der Waals surface area contributed by atoms with Crippen molar-refractivity contribution >= 4 is 108 Å². The number of nitrogens with zero attached hydrogens (tertiary/aromatic N) is 3. The lowest BCUT2D eigenvalue weighted by Gasteiger charge is -2.07. The lowest BCUT2D eigenvalue weighted by atomic mass is 9.98. The van der Waals surface area contributed by atoms with Crippen LogP contribution in [0.5, 0.6) is 0 Å². The highest BCUT2D eigenvalue weighted by Gasteiger charge is 2.24. The molecule has 3 nitrogen and oxygen atoms in total. The first kappa shape index (κ1) is 19.5. The van der Waals surface area contributed by atoms with Gasteiger partial charge in [0.1, 0.15) is 0 Å². The van der Waals surface area contributed by atoms with Crippen molar-refractivity contribution in [1.29, 1.82) is 0 Å². The van der Waals surface area contributed by atoms with Crippen LogP contribution in [0, 0.1) is 0 Å². The summed E-state index contributed by atoms with van der Waals surface area (Å²) in [6.07, 6.45) is 0. The van der Waals surface area contributed by atoms with E-state index in [4.69, 9.17) is 4.99 Å². The first-order chi connectivity index (χ1) is 17.3. The van der Waals surface area contributed by atoms with Crippen LogP contribution in [0.15, 0.2) is 82.8 Å². The lowest BCUT2D eigenvalue weighted by molar-refractivity contribution is 1.08. The normalized spacial score (nSPS) is 13.1. The second kappa shape index (κ2) is 6.87. The van der Waals surface area contributed by atoms with E-state index in [2.05, 4.69) is 96.0 Å². The van der Waals surface area contributed by atoms with Gasteiger partial charge in [-0.2, -0.15) is 0 Å². The molecule has 35 heavy (non-hydrogen) atoms. The van der Waals surface area contributed by atoms with E-state index < -0.39 is 0 Å². The molecule has 0 atom stereocenters. The zero-order chi connectivity index (χ0) is 23.3. The molecule has 8 aromatic rings. The average molecular weight is 486 g/mol. The van der Waals surface area contributed by atoms with Crippen LogP contribution in [0.4, 0.5) is 0 Å². The SMILES string of the molecule is C=NC(=NCC)n1c2cc3c4ccccc4sc3c3ccc4cc5c6ccccc6sc5c1c4c32. The predicted octanol–water partition coefficient (Wildman–Crippen LogP) is 9.05. The van der Waals surface area contributed by atoms with E-state index in [-0.39, 0.29) is 0 Å². The van der Waals surface area contributed by atoms with Crippen LogP contribution in [-0.2, 0) is 0 Å². The lowest BCUT2D eigenvalue weighted by Crippen LogP contribution is -2.09. The maximum absolute atomic E-state index is 4.79. The van der Waals surface area contributed by atoms with E-state index in [9.17, 15) is 0 Å². The molecule has 0 spiro atoms. The Morgan fingerprint density at radius 2 is 1.46 bits per heavy atom. The van der Waals surface area contributed by atoms with Crippen molar-refractivity contribution in [2.24, 2.45) is 9.98 Å². The third-order valence-corrected chi connectivity index (χ3v) is 9.56. The van der Waals surface area contributed by atoms with Crippen molar-refractivity contribution in [2.45, 2.75) is 6.92 Å². The maximum Gasteiger partial charge on any atom is 0.229 e. The minimum absolute atomic E-state index is 0.652. The number of benzene rings is 5. The van der Waals surface area contributed by atoms with Crippen LogP contribution in [0.25, 0.3) is 72.9 Å². The van der Waals surface area contributed by atoms with E-state index in [0.717, 1.165) is 5.52 Å². The van der Waals surface area contributed by atoms with Gasteiger partial charge in [0.25, 0.3) is 0 Å². The summed E-state index contributed by atoms with van der Waals surface area (Å²) in [4.78, 5) is 9.23. The third kappa shape index (κ3) is 2.39. The Morgan fingerprint density at radius 3 is 2.17 bits per heavy atom. The zero-order valence-electron chi connectivity index (χ0n) is 19.0. The highest BCUT2D eigenvalue weighted by atomic mass is 32.1. The largest absolute Gasteiger partial charge is 0.277 e. The number of fused-ring (bicyclic) bond motifs is 8. The quantitative estimate of drug-likeness (QED) is 0.126. The molecule has 0 saturated carbocycles. The summed E-state index contributed by atoms with van der Waals surface area (Å²) >= 11 is 3.74. The molecule has 5 aromatic carbocycles. The summed E-state index contributed by atoms with van der Waals surface area (Å²) in [5, 5.41) is 10.3. The molecule has 0 N–H and O–H groups in total. The monoisotopic (exact) mass is 485 g/mol. The molecule has 5 heteroatoms. The molecule has 0 fully saturated rings. The molecule has 166 valence electrons. The van der Waals surface area contributed by atoms with Crippen LogP contribution in [-0.4, -0.2) is 23.8 Å². The summed E-state index contributed by atoms with van der Waals surface area (Å²) in [5.74, 6) is 0.662. The van der Waals surface area contributed by atoms with Gasteiger partial charge in [-0.15, -0.1) is 22.7 Å². The van der Waals surface area contributed by atoms with Crippen molar-refractivity contribution in [3.8, 4) is 0 Å². The average Bonchev–Trinajstić information content (AvgIpc) is 3.56. The third-order valence-electron chi connectivity index (χ3n) is 7.14. The van der Waals surface area contributed by atoms with E-state index >= 15 is 0 Å². The van der Waals surface area contributed by atoms with Crippen molar-refractivity contribution in [3.63, 3.8) is 0 Å². The van der Waals surface area contributed by atoms with Gasteiger partial charge in [-0.1, -0.05) is 48.5 Å². The molecule has 0 unspecified atom stereocenters. The zero-order valence-corrected chi connectivity index (χ0v) is 20.6. The van der Waals surface area contributed by atoms with Crippen LogP contribution >= 0.6 is 22.7 Å². The second-order valence-electron chi connectivity index (χ2n) is 8.92. The van der Waals surface area contributed by atoms with Crippen molar-refractivity contribution in [3.05, 3.63) is 72.8 Å². The minimum atomic E-state index is 0.652. The van der Waals surface area contributed by atoms with E-state index in [1.165, 1.54) is 67.4 Å². The summed E-state index contributed by atoms with van der Waals surface area (Å²) in [5.41, 5.74) is 2.35. The Kier molecular flexibility index (Phi) is 3.83. The summed E-state index contributed by atoms with van der Waals surface area (Å²) < 4.78 is 7.51. The highest BCUT2D eigenvalue weighted by molar-refractivity contribution is 7.27. The summed E-state index contributed by atoms with van der Waals surface area (Å²) in [7, 11) is 0. The van der Waals surface area contributed by atoms with Gasteiger partial charge in [-0.3, -0.25) is 9.56 Å². The van der Waals surface area contributed by atoms with Gasteiger partial charge in [0.2, 0.25) is 5.96 Å². The molecule has 8 rings (SSSR count). The standard InChI is InChI=1S/C30H19N3S2/c1-3-32-30(31-2)33-22-15-21-18-9-5-6-10-23(18)34-28(21)19-13-12-16-14-20-17-8-4-7-11-24(17)35-29(20)27(33)25(16)26(19)22/h4-15H,2-3H2,1H3. The van der Waals surface area contributed by atoms with Crippen LogP contribution in [0.3, 0.4) is 0 Å². The van der Waals surface area contributed by atoms with Gasteiger partial charge >= 0.3 is 0 Å². The van der Waals surface area contributed by atoms with Crippen LogP contribution < -0.4 is 0 Å². The fourth-order valence-electron chi connectivity index (χ4n) is 5.77. The molecular formula is C30H19N3S2. The summed E-state index contributed by atoms with van der Waals surface area (Å²) in [6, 6.07) is 26.7. The van der Waals surface area contributed by atoms with Crippen LogP contribution in [0.2, 0.25) is 0 Å². The molecule has 3 aromatic heterocycles. The maximum atomic E-state index is 4.79. The van der Waals surface area contributed by atoms with E-state index in [0.29, 0.717) is 12.5 Å². The number of rotatable bonds is 1. The topological polar surface area (TPSA) is 29.6 Å². The Bertz CT molecular complexity index is 2170. The number of aliphatic imine (C=N–C) groups is 2. The van der Waals surface area contributed by atoms with Gasteiger partial charge in [0.05, 0.1) is 15.7 Å².